The molecule has 2 aromatic rings. The standard InChI is InChI=1S/C27H32N2O2/c1-3-15-28-26(31)27(14-16-29(19-27)25(30)21-10-7-11-21)18-23-9-4-5-13-24(23)22-12-6-8-20(2)17-22/h3-6,8-9,12-13,17,21H,1,7,10-11,14-16,18-19H2,2H3,(H,28,31). The summed E-state index contributed by atoms with van der Waals surface area (Å²) in [4.78, 5) is 28.2. The van der Waals surface area contributed by atoms with Gasteiger partial charge in [-0.05, 0) is 49.3 Å². The Labute approximate surface area is 185 Å². The second kappa shape index (κ2) is 9.09. The molecule has 4 nitrogen and oxygen atoms in total. The Morgan fingerprint density at radius 3 is 2.71 bits per heavy atom. The van der Waals surface area contributed by atoms with Crippen LogP contribution in [0.3, 0.4) is 0 Å². The highest BCUT2D eigenvalue weighted by Gasteiger charge is 2.47. The van der Waals surface area contributed by atoms with Gasteiger partial charge in [0.15, 0.2) is 0 Å². The summed E-state index contributed by atoms with van der Waals surface area (Å²) in [5.74, 6) is 0.415. The summed E-state index contributed by atoms with van der Waals surface area (Å²) in [7, 11) is 0. The lowest BCUT2D eigenvalue weighted by atomic mass is 9.78. The van der Waals surface area contributed by atoms with E-state index in [-0.39, 0.29) is 17.7 Å². The zero-order chi connectivity index (χ0) is 21.8. The molecule has 4 rings (SSSR count). The first-order valence-corrected chi connectivity index (χ1v) is 11.4. The van der Waals surface area contributed by atoms with E-state index in [4.69, 9.17) is 0 Å². The predicted octanol–water partition coefficient (Wildman–Crippen LogP) is 4.53. The first-order chi connectivity index (χ1) is 15.0. The van der Waals surface area contributed by atoms with Crippen LogP contribution in [-0.2, 0) is 16.0 Å². The van der Waals surface area contributed by atoms with E-state index in [1.54, 1.807) is 6.08 Å². The number of benzene rings is 2. The van der Waals surface area contributed by atoms with E-state index in [1.807, 2.05) is 17.0 Å². The summed E-state index contributed by atoms with van der Waals surface area (Å²) in [6.07, 6.45) is 6.13. The Hall–Kier alpha value is -2.88. The van der Waals surface area contributed by atoms with Gasteiger partial charge in [0, 0.05) is 25.6 Å². The lowest BCUT2D eigenvalue weighted by Gasteiger charge is -2.32. The maximum Gasteiger partial charge on any atom is 0.228 e. The van der Waals surface area contributed by atoms with Crippen molar-refractivity contribution in [2.45, 2.75) is 39.0 Å². The van der Waals surface area contributed by atoms with Gasteiger partial charge in [0.05, 0.1) is 5.41 Å². The van der Waals surface area contributed by atoms with Crippen LogP contribution in [0.2, 0.25) is 0 Å². The monoisotopic (exact) mass is 416 g/mol. The zero-order valence-corrected chi connectivity index (χ0v) is 18.4. The van der Waals surface area contributed by atoms with E-state index >= 15 is 0 Å². The molecule has 1 unspecified atom stereocenters. The molecule has 2 amide bonds. The second-order valence-corrected chi connectivity index (χ2v) is 9.12. The first-order valence-electron chi connectivity index (χ1n) is 11.4. The minimum absolute atomic E-state index is 0.0235. The molecule has 1 saturated carbocycles. The van der Waals surface area contributed by atoms with Crippen molar-refractivity contribution in [1.82, 2.24) is 10.2 Å². The van der Waals surface area contributed by atoms with E-state index in [0.29, 0.717) is 32.5 Å². The Morgan fingerprint density at radius 1 is 1.19 bits per heavy atom. The Balaban J connectivity index is 1.64. The molecule has 2 aliphatic rings. The third-order valence-electron chi connectivity index (χ3n) is 6.88. The van der Waals surface area contributed by atoms with Crippen LogP contribution in [0, 0.1) is 18.3 Å². The highest BCUT2D eigenvalue weighted by molar-refractivity contribution is 5.87. The van der Waals surface area contributed by atoms with Crippen LogP contribution in [-0.4, -0.2) is 36.3 Å². The first kappa shape index (κ1) is 21.4. The highest BCUT2D eigenvalue weighted by Crippen LogP contribution is 2.39. The number of carbonyl (C=O) groups excluding carboxylic acids is 2. The molecule has 1 atom stereocenters. The van der Waals surface area contributed by atoms with Gasteiger partial charge < -0.3 is 10.2 Å². The largest absolute Gasteiger partial charge is 0.352 e. The van der Waals surface area contributed by atoms with Crippen molar-refractivity contribution >= 4 is 11.8 Å². The van der Waals surface area contributed by atoms with Gasteiger partial charge in [-0.25, -0.2) is 0 Å². The quantitative estimate of drug-likeness (QED) is 0.675. The summed E-state index contributed by atoms with van der Waals surface area (Å²) >= 11 is 0. The summed E-state index contributed by atoms with van der Waals surface area (Å²) in [6.45, 7) is 7.42. The Kier molecular flexibility index (Phi) is 6.26. The maximum absolute atomic E-state index is 13.4. The van der Waals surface area contributed by atoms with Crippen molar-refractivity contribution in [2.75, 3.05) is 19.6 Å². The van der Waals surface area contributed by atoms with Gasteiger partial charge in [0.1, 0.15) is 0 Å². The molecular weight excluding hydrogens is 384 g/mol. The van der Waals surface area contributed by atoms with Crippen molar-refractivity contribution in [3.63, 3.8) is 0 Å². The summed E-state index contributed by atoms with van der Waals surface area (Å²) in [6, 6.07) is 16.8. The average molecular weight is 417 g/mol. The lowest BCUT2D eigenvalue weighted by molar-refractivity contribution is -0.138. The van der Waals surface area contributed by atoms with Crippen molar-refractivity contribution in [2.24, 2.45) is 11.3 Å². The number of nitrogens with zero attached hydrogens (tertiary/aromatic N) is 1. The van der Waals surface area contributed by atoms with Crippen LogP contribution >= 0.6 is 0 Å². The van der Waals surface area contributed by atoms with E-state index in [2.05, 4.69) is 55.2 Å². The molecule has 2 fully saturated rings. The number of nitrogens with one attached hydrogen (secondary N) is 1. The minimum Gasteiger partial charge on any atom is -0.352 e. The summed E-state index contributed by atoms with van der Waals surface area (Å²) in [5, 5.41) is 3.03. The fourth-order valence-electron chi connectivity index (χ4n) is 4.87. The van der Waals surface area contributed by atoms with E-state index in [9.17, 15) is 9.59 Å². The number of carbonyl (C=O) groups is 2. The van der Waals surface area contributed by atoms with Gasteiger partial charge in [-0.15, -0.1) is 6.58 Å². The van der Waals surface area contributed by atoms with Crippen molar-refractivity contribution in [3.8, 4) is 11.1 Å². The highest BCUT2D eigenvalue weighted by atomic mass is 16.2. The van der Waals surface area contributed by atoms with Crippen LogP contribution in [0.1, 0.15) is 36.8 Å². The van der Waals surface area contributed by atoms with E-state index in [0.717, 1.165) is 36.0 Å². The second-order valence-electron chi connectivity index (χ2n) is 9.12. The molecule has 2 aromatic carbocycles. The topological polar surface area (TPSA) is 49.4 Å². The molecule has 1 aliphatic carbocycles. The normalized spacial score (nSPS) is 20.9. The third-order valence-corrected chi connectivity index (χ3v) is 6.88. The van der Waals surface area contributed by atoms with Crippen molar-refractivity contribution < 1.29 is 9.59 Å². The fraction of sp³-hybridized carbons (Fsp3) is 0.407. The molecule has 4 heteroatoms. The van der Waals surface area contributed by atoms with Crippen LogP contribution in [0.5, 0.6) is 0 Å². The smallest absolute Gasteiger partial charge is 0.228 e. The van der Waals surface area contributed by atoms with Crippen LogP contribution in [0.25, 0.3) is 11.1 Å². The number of rotatable bonds is 7. The van der Waals surface area contributed by atoms with Crippen LogP contribution < -0.4 is 5.32 Å². The van der Waals surface area contributed by atoms with Crippen molar-refractivity contribution in [3.05, 3.63) is 72.3 Å². The molecular formula is C27H32N2O2. The number of amides is 2. The molecule has 1 saturated heterocycles. The number of aryl methyl sites for hydroxylation is 1. The molecule has 0 bridgehead atoms. The molecule has 31 heavy (non-hydrogen) atoms. The number of likely N-dealkylation sites (tertiary alicyclic amines) is 1. The van der Waals surface area contributed by atoms with E-state index in [1.165, 1.54) is 5.56 Å². The van der Waals surface area contributed by atoms with Gasteiger partial charge >= 0.3 is 0 Å². The lowest BCUT2D eigenvalue weighted by Crippen LogP contribution is -2.46. The third kappa shape index (κ3) is 4.43. The van der Waals surface area contributed by atoms with Crippen LogP contribution in [0.15, 0.2) is 61.2 Å². The van der Waals surface area contributed by atoms with Gasteiger partial charge in [-0.3, -0.25) is 9.59 Å². The van der Waals surface area contributed by atoms with Gasteiger partial charge in [-0.1, -0.05) is 66.6 Å². The maximum atomic E-state index is 13.4. The summed E-state index contributed by atoms with van der Waals surface area (Å²) in [5.41, 5.74) is 4.08. The fourth-order valence-corrected chi connectivity index (χ4v) is 4.87. The molecule has 162 valence electrons. The summed E-state index contributed by atoms with van der Waals surface area (Å²) < 4.78 is 0. The predicted molar refractivity (Wildman–Crippen MR) is 124 cm³/mol. The Morgan fingerprint density at radius 2 is 2.00 bits per heavy atom. The molecule has 0 aromatic heterocycles. The van der Waals surface area contributed by atoms with Gasteiger partial charge in [-0.2, -0.15) is 0 Å². The molecule has 0 spiro atoms. The molecule has 0 radical (unpaired) electrons. The SMILES string of the molecule is C=CCNC(=O)C1(Cc2ccccc2-c2cccc(C)c2)CCN(C(=O)C2CCC2)C1. The molecule has 1 N–H and O–H groups in total. The molecule has 1 aliphatic heterocycles. The molecule has 1 heterocycles. The van der Waals surface area contributed by atoms with Gasteiger partial charge in [0.2, 0.25) is 11.8 Å². The zero-order valence-electron chi connectivity index (χ0n) is 18.4. The van der Waals surface area contributed by atoms with Crippen LogP contribution in [0.4, 0.5) is 0 Å². The van der Waals surface area contributed by atoms with Crippen molar-refractivity contribution in [1.29, 1.82) is 0 Å². The Bertz CT molecular complexity index is 979. The minimum atomic E-state index is -0.609. The number of hydrogen-bond donors (Lipinski definition) is 1. The number of hydrogen-bond acceptors (Lipinski definition) is 2. The average Bonchev–Trinajstić information content (AvgIpc) is 3.16. The van der Waals surface area contributed by atoms with Gasteiger partial charge in [0.25, 0.3) is 0 Å². The van der Waals surface area contributed by atoms with E-state index < -0.39 is 5.41 Å².